The number of rotatable bonds is 9. The maximum atomic E-state index is 5.26. The molecule has 130 valence electrons. The maximum absolute atomic E-state index is 5.26. The molecule has 0 amide bonds. The van der Waals surface area contributed by atoms with Crippen molar-refractivity contribution in [1.82, 2.24) is 10.6 Å². The van der Waals surface area contributed by atoms with Crippen LogP contribution in [0, 0.1) is 5.41 Å². The summed E-state index contributed by atoms with van der Waals surface area (Å²) < 4.78 is 6.45. The molecule has 6 heteroatoms. The molecule has 0 saturated heterocycles. The van der Waals surface area contributed by atoms with E-state index >= 15 is 0 Å². The summed E-state index contributed by atoms with van der Waals surface area (Å²) in [5, 5.41) is 6.81. The zero-order valence-corrected chi connectivity index (χ0v) is 16.6. The fraction of sp³-hybridized carbons (Fsp3) is 0.706. The molecular formula is C17H28BrN3OS. The van der Waals surface area contributed by atoms with Gasteiger partial charge in [0.15, 0.2) is 5.96 Å². The van der Waals surface area contributed by atoms with Crippen LogP contribution in [0.5, 0.6) is 0 Å². The Labute approximate surface area is 152 Å². The molecule has 0 unspecified atom stereocenters. The number of guanidine groups is 1. The molecule has 1 aliphatic carbocycles. The molecule has 1 fully saturated rings. The summed E-state index contributed by atoms with van der Waals surface area (Å²) >= 11 is 5.31. The molecule has 0 radical (unpaired) electrons. The predicted octanol–water partition coefficient (Wildman–Crippen LogP) is 3.82. The third-order valence-corrected chi connectivity index (χ3v) is 6.14. The molecule has 2 rings (SSSR count). The van der Waals surface area contributed by atoms with Gasteiger partial charge in [0, 0.05) is 38.2 Å². The lowest BCUT2D eigenvalue weighted by Gasteiger charge is -2.40. The van der Waals surface area contributed by atoms with Gasteiger partial charge >= 0.3 is 0 Å². The Bertz CT molecular complexity index is 500. The van der Waals surface area contributed by atoms with E-state index in [-0.39, 0.29) is 0 Å². The minimum atomic E-state index is 0.372. The molecule has 1 aromatic heterocycles. The van der Waals surface area contributed by atoms with Gasteiger partial charge in [-0.3, -0.25) is 4.99 Å². The lowest BCUT2D eigenvalue weighted by Crippen LogP contribution is -2.40. The minimum Gasteiger partial charge on any atom is -0.385 e. The van der Waals surface area contributed by atoms with Crippen LogP contribution in [0.1, 0.15) is 37.5 Å². The molecule has 0 aromatic carbocycles. The van der Waals surface area contributed by atoms with Crippen molar-refractivity contribution in [3.8, 4) is 0 Å². The highest BCUT2D eigenvalue weighted by atomic mass is 79.9. The van der Waals surface area contributed by atoms with E-state index < -0.39 is 0 Å². The van der Waals surface area contributed by atoms with E-state index in [1.807, 2.05) is 0 Å². The Hall–Kier alpha value is -0.590. The molecule has 4 nitrogen and oxygen atoms in total. The quantitative estimate of drug-likeness (QED) is 0.488. The van der Waals surface area contributed by atoms with Crippen molar-refractivity contribution in [3.05, 3.63) is 20.8 Å². The third kappa shape index (κ3) is 6.08. The summed E-state index contributed by atoms with van der Waals surface area (Å²) in [6.45, 7) is 5.64. The summed E-state index contributed by atoms with van der Waals surface area (Å²) in [6, 6.07) is 4.28. The van der Waals surface area contributed by atoms with Crippen molar-refractivity contribution in [2.45, 2.75) is 39.0 Å². The summed E-state index contributed by atoms with van der Waals surface area (Å²) in [4.78, 5) is 6.21. The second-order valence-electron chi connectivity index (χ2n) is 6.17. The van der Waals surface area contributed by atoms with E-state index in [2.05, 4.69) is 45.6 Å². The van der Waals surface area contributed by atoms with Gasteiger partial charge in [-0.25, -0.2) is 0 Å². The lowest BCUT2D eigenvalue weighted by atomic mass is 9.67. The molecule has 2 N–H and O–H groups in total. The van der Waals surface area contributed by atoms with Crippen molar-refractivity contribution in [2.75, 3.05) is 33.4 Å². The van der Waals surface area contributed by atoms with E-state index in [0.717, 1.165) is 45.0 Å². The Morgan fingerprint density at radius 2 is 2.22 bits per heavy atom. The van der Waals surface area contributed by atoms with Crippen LogP contribution in [0.4, 0.5) is 0 Å². The number of thiophene rings is 1. The largest absolute Gasteiger partial charge is 0.385 e. The number of nitrogens with one attached hydrogen (secondary N) is 2. The number of hydrogen-bond acceptors (Lipinski definition) is 3. The first kappa shape index (κ1) is 18.7. The van der Waals surface area contributed by atoms with Gasteiger partial charge in [-0.2, -0.15) is 0 Å². The molecule has 1 saturated carbocycles. The first-order chi connectivity index (χ1) is 11.2. The number of aliphatic imine (C=N–C) groups is 1. The Morgan fingerprint density at radius 1 is 1.39 bits per heavy atom. The zero-order chi connectivity index (χ0) is 16.5. The molecule has 0 aliphatic heterocycles. The highest BCUT2D eigenvalue weighted by molar-refractivity contribution is 9.11. The average Bonchev–Trinajstić information content (AvgIpc) is 2.91. The van der Waals surface area contributed by atoms with Gasteiger partial charge in [-0.1, -0.05) is 6.42 Å². The Kier molecular flexibility index (Phi) is 7.86. The van der Waals surface area contributed by atoms with Crippen LogP contribution in [0.3, 0.4) is 0 Å². The van der Waals surface area contributed by atoms with Gasteiger partial charge < -0.3 is 15.4 Å². The molecular weight excluding hydrogens is 374 g/mol. The smallest absolute Gasteiger partial charge is 0.191 e. The van der Waals surface area contributed by atoms with E-state index in [9.17, 15) is 0 Å². The second-order valence-corrected chi connectivity index (χ2v) is 8.72. The minimum absolute atomic E-state index is 0.372. The SMILES string of the molecule is CCNC(=NCC1(CCOC)CCC1)NCCc1ccc(Br)s1. The number of halogens is 1. The van der Waals surface area contributed by atoms with Crippen molar-refractivity contribution in [3.63, 3.8) is 0 Å². The summed E-state index contributed by atoms with van der Waals surface area (Å²) in [5.74, 6) is 0.937. The number of nitrogens with zero attached hydrogens (tertiary/aromatic N) is 1. The predicted molar refractivity (Wildman–Crippen MR) is 102 cm³/mol. The van der Waals surface area contributed by atoms with Gasteiger partial charge in [0.2, 0.25) is 0 Å². The second kappa shape index (κ2) is 9.64. The fourth-order valence-electron chi connectivity index (χ4n) is 2.86. The first-order valence-electron chi connectivity index (χ1n) is 8.43. The zero-order valence-electron chi connectivity index (χ0n) is 14.2. The molecule has 1 aromatic rings. The van der Waals surface area contributed by atoms with Crippen LogP contribution < -0.4 is 10.6 Å². The summed E-state index contributed by atoms with van der Waals surface area (Å²) in [5.41, 5.74) is 0.372. The van der Waals surface area contributed by atoms with Gasteiger partial charge in [-0.05, 0) is 66.1 Å². The van der Waals surface area contributed by atoms with Gasteiger partial charge in [0.05, 0.1) is 3.79 Å². The van der Waals surface area contributed by atoms with E-state index in [0.29, 0.717) is 5.41 Å². The van der Waals surface area contributed by atoms with Crippen LogP contribution in [0.2, 0.25) is 0 Å². The number of ether oxygens (including phenoxy) is 1. The Balaban J connectivity index is 1.81. The molecule has 0 spiro atoms. The maximum Gasteiger partial charge on any atom is 0.191 e. The van der Waals surface area contributed by atoms with Crippen molar-refractivity contribution in [2.24, 2.45) is 10.4 Å². The van der Waals surface area contributed by atoms with E-state index in [1.54, 1.807) is 18.4 Å². The molecule has 0 bridgehead atoms. The summed E-state index contributed by atoms with van der Waals surface area (Å²) in [7, 11) is 1.78. The third-order valence-electron chi connectivity index (χ3n) is 4.46. The van der Waals surface area contributed by atoms with Crippen molar-refractivity contribution >= 4 is 33.2 Å². The van der Waals surface area contributed by atoms with Gasteiger partial charge in [-0.15, -0.1) is 11.3 Å². The number of methoxy groups -OCH3 is 1. The van der Waals surface area contributed by atoms with Gasteiger partial charge in [0.25, 0.3) is 0 Å². The van der Waals surface area contributed by atoms with E-state index in [1.165, 1.54) is 27.9 Å². The molecule has 1 aliphatic rings. The van der Waals surface area contributed by atoms with Crippen LogP contribution >= 0.6 is 27.3 Å². The molecule has 1 heterocycles. The normalized spacial score (nSPS) is 16.9. The lowest BCUT2D eigenvalue weighted by molar-refractivity contribution is 0.0778. The van der Waals surface area contributed by atoms with Gasteiger partial charge in [0.1, 0.15) is 0 Å². The number of hydrogen-bond donors (Lipinski definition) is 2. The average molecular weight is 402 g/mol. The van der Waals surface area contributed by atoms with Crippen LogP contribution in [0.15, 0.2) is 20.9 Å². The first-order valence-corrected chi connectivity index (χ1v) is 10.0. The standard InChI is InChI=1S/C17H28BrN3OS/c1-3-19-16(20-11-7-14-5-6-15(18)23-14)21-13-17(8-4-9-17)10-12-22-2/h5-6H,3-4,7-13H2,1-2H3,(H2,19,20,21). The highest BCUT2D eigenvalue weighted by Gasteiger charge is 2.36. The van der Waals surface area contributed by atoms with Crippen LogP contribution in [-0.4, -0.2) is 39.3 Å². The fourth-order valence-corrected chi connectivity index (χ4v) is 4.34. The van der Waals surface area contributed by atoms with Crippen molar-refractivity contribution in [1.29, 1.82) is 0 Å². The summed E-state index contributed by atoms with van der Waals surface area (Å²) in [6.07, 6.45) is 6.03. The van der Waals surface area contributed by atoms with Crippen LogP contribution in [0.25, 0.3) is 0 Å². The van der Waals surface area contributed by atoms with E-state index in [4.69, 9.17) is 9.73 Å². The monoisotopic (exact) mass is 401 g/mol. The van der Waals surface area contributed by atoms with Crippen LogP contribution in [-0.2, 0) is 11.2 Å². The topological polar surface area (TPSA) is 45.7 Å². The Morgan fingerprint density at radius 3 is 2.78 bits per heavy atom. The molecule has 0 atom stereocenters. The molecule has 23 heavy (non-hydrogen) atoms. The van der Waals surface area contributed by atoms with Crippen molar-refractivity contribution < 1.29 is 4.74 Å². The highest BCUT2D eigenvalue weighted by Crippen LogP contribution is 2.44.